The molecule has 0 atom stereocenters. The Balaban J connectivity index is 1.37. The van der Waals surface area contributed by atoms with Crippen molar-refractivity contribution in [3.8, 4) is 11.4 Å². The maximum absolute atomic E-state index is 14.0. The van der Waals surface area contributed by atoms with Gasteiger partial charge in [0.25, 0.3) is 5.56 Å². The Labute approximate surface area is 220 Å². The Bertz CT molecular complexity index is 1680. The zero-order chi connectivity index (χ0) is 27.7. The first-order chi connectivity index (χ1) is 18.7. The smallest absolute Gasteiger partial charge is 0.337 e. The largest absolute Gasteiger partial charge is 0.508 e. The number of aromatic hydroxyl groups is 1. The van der Waals surface area contributed by atoms with Crippen molar-refractivity contribution in [2.45, 2.75) is 50.6 Å². The van der Waals surface area contributed by atoms with Crippen LogP contribution in [0.4, 0.5) is 13.2 Å². The number of hydrogen-bond acceptors (Lipinski definition) is 5. The number of phenols is 1. The third kappa shape index (κ3) is 5.43. The van der Waals surface area contributed by atoms with Gasteiger partial charge in [-0.05, 0) is 68.0 Å². The number of halogens is 3. The first kappa shape index (κ1) is 26.2. The van der Waals surface area contributed by atoms with Crippen LogP contribution in [0.3, 0.4) is 0 Å². The van der Waals surface area contributed by atoms with Crippen LogP contribution >= 0.6 is 0 Å². The molecule has 39 heavy (non-hydrogen) atoms. The van der Waals surface area contributed by atoms with E-state index in [1.54, 1.807) is 18.2 Å². The number of hydrogen-bond donors (Lipinski definition) is 2. The summed E-state index contributed by atoms with van der Waals surface area (Å²) < 4.78 is 43.6. The lowest BCUT2D eigenvalue weighted by Crippen LogP contribution is -2.45. The molecule has 1 amide bonds. The number of rotatable bonds is 6. The zero-order valence-corrected chi connectivity index (χ0v) is 20.7. The van der Waals surface area contributed by atoms with Crippen LogP contribution in [0, 0.1) is 17.5 Å². The molecule has 5 rings (SSSR count). The molecule has 0 radical (unpaired) electrons. The highest BCUT2D eigenvalue weighted by Crippen LogP contribution is 2.28. The minimum absolute atomic E-state index is 0.0514. The summed E-state index contributed by atoms with van der Waals surface area (Å²) in [5.41, 5.74) is -0.894. The normalized spacial score (nSPS) is 17.3. The summed E-state index contributed by atoms with van der Waals surface area (Å²) in [4.78, 5) is 43.3. The highest BCUT2D eigenvalue weighted by molar-refractivity contribution is 5.76. The van der Waals surface area contributed by atoms with Gasteiger partial charge in [0.2, 0.25) is 5.91 Å². The van der Waals surface area contributed by atoms with E-state index in [1.807, 2.05) is 6.07 Å². The van der Waals surface area contributed by atoms with Crippen LogP contribution < -0.4 is 16.6 Å². The van der Waals surface area contributed by atoms with Crippen molar-refractivity contribution >= 4 is 16.9 Å². The van der Waals surface area contributed by atoms with Gasteiger partial charge in [-0.25, -0.2) is 27.5 Å². The van der Waals surface area contributed by atoms with Crippen molar-refractivity contribution in [2.24, 2.45) is 0 Å². The van der Waals surface area contributed by atoms with Crippen molar-refractivity contribution in [1.29, 1.82) is 0 Å². The summed E-state index contributed by atoms with van der Waals surface area (Å²) in [7, 11) is 0. The third-order valence-electron chi connectivity index (χ3n) is 7.03. The van der Waals surface area contributed by atoms with Gasteiger partial charge in [0.1, 0.15) is 11.6 Å². The molecule has 1 aliphatic carbocycles. The van der Waals surface area contributed by atoms with Crippen LogP contribution in [0.5, 0.6) is 5.75 Å². The molecular formula is C28H25F3N4O4. The molecule has 2 N–H and O–H groups in total. The van der Waals surface area contributed by atoms with Crippen LogP contribution in [0.25, 0.3) is 16.7 Å². The molecule has 11 heteroatoms. The predicted octanol–water partition coefficient (Wildman–Crippen LogP) is 3.90. The van der Waals surface area contributed by atoms with Crippen LogP contribution in [0.1, 0.15) is 43.7 Å². The summed E-state index contributed by atoms with van der Waals surface area (Å²) in [5.74, 6) is -3.08. The molecule has 0 spiro atoms. The van der Waals surface area contributed by atoms with E-state index >= 15 is 0 Å². The van der Waals surface area contributed by atoms with E-state index in [0.29, 0.717) is 32.1 Å². The molecule has 202 valence electrons. The number of aryl methyl sites for hydroxylation is 1. The van der Waals surface area contributed by atoms with Gasteiger partial charge in [0, 0.05) is 24.6 Å². The Morgan fingerprint density at radius 3 is 2.49 bits per heavy atom. The lowest BCUT2D eigenvalue weighted by Gasteiger charge is -2.30. The maximum Gasteiger partial charge on any atom is 0.337 e. The Kier molecular flexibility index (Phi) is 7.23. The SMILES string of the molecule is O=C(CCc1cccc(O)c1)NC1CCC(n2c(=O)c3cc(F)cnc3n(-c3ccc(F)c(F)c3)c2=O)CC1. The van der Waals surface area contributed by atoms with Crippen LogP contribution in [-0.4, -0.2) is 31.2 Å². The quantitative estimate of drug-likeness (QED) is 0.387. The molecule has 2 aromatic carbocycles. The van der Waals surface area contributed by atoms with E-state index < -0.39 is 34.7 Å². The number of amides is 1. The number of aromatic nitrogens is 3. The molecule has 0 aliphatic heterocycles. The molecule has 2 aromatic heterocycles. The van der Waals surface area contributed by atoms with E-state index in [0.717, 1.165) is 39.1 Å². The monoisotopic (exact) mass is 538 g/mol. The fourth-order valence-electron chi connectivity index (χ4n) is 5.11. The van der Waals surface area contributed by atoms with Gasteiger partial charge in [-0.2, -0.15) is 0 Å². The summed E-state index contributed by atoms with van der Waals surface area (Å²) in [5, 5.41) is 12.4. The molecule has 1 aliphatic rings. The van der Waals surface area contributed by atoms with E-state index in [4.69, 9.17) is 0 Å². The third-order valence-corrected chi connectivity index (χ3v) is 7.03. The second kappa shape index (κ2) is 10.8. The Morgan fingerprint density at radius 2 is 1.77 bits per heavy atom. The topological polar surface area (TPSA) is 106 Å². The number of carbonyl (C=O) groups is 1. The fourth-order valence-corrected chi connectivity index (χ4v) is 5.11. The van der Waals surface area contributed by atoms with Crippen LogP contribution in [-0.2, 0) is 11.2 Å². The number of phenolic OH excluding ortho intramolecular Hbond substituents is 1. The van der Waals surface area contributed by atoms with Gasteiger partial charge in [-0.1, -0.05) is 12.1 Å². The van der Waals surface area contributed by atoms with Gasteiger partial charge in [0.05, 0.1) is 17.3 Å². The van der Waals surface area contributed by atoms with Gasteiger partial charge in [-0.15, -0.1) is 0 Å². The average molecular weight is 539 g/mol. The van der Waals surface area contributed by atoms with Crippen molar-refractivity contribution in [2.75, 3.05) is 0 Å². The van der Waals surface area contributed by atoms with Crippen molar-refractivity contribution in [3.05, 3.63) is 98.6 Å². The predicted molar refractivity (Wildman–Crippen MR) is 137 cm³/mol. The molecule has 4 aromatic rings. The number of nitrogens with zero attached hydrogens (tertiary/aromatic N) is 3. The standard InChI is InChI=1S/C28H25F3N4O4/c29-17-13-22-26(32-15-17)34(20-9-10-23(30)24(31)14-20)28(39)35(27(22)38)19-7-5-18(6-8-19)33-25(37)11-4-16-2-1-3-21(36)12-16/h1-3,9-10,12-15,18-19,36H,4-8,11H2,(H,33,37). The molecule has 0 saturated heterocycles. The molecule has 0 unspecified atom stereocenters. The summed E-state index contributed by atoms with van der Waals surface area (Å²) in [6.45, 7) is 0. The molecular weight excluding hydrogens is 513 g/mol. The zero-order valence-electron chi connectivity index (χ0n) is 20.7. The summed E-state index contributed by atoms with van der Waals surface area (Å²) in [6, 6.07) is 9.83. The summed E-state index contributed by atoms with van der Waals surface area (Å²) in [6.07, 6.45) is 3.33. The first-order valence-corrected chi connectivity index (χ1v) is 12.6. The highest BCUT2D eigenvalue weighted by Gasteiger charge is 2.28. The van der Waals surface area contributed by atoms with E-state index in [1.165, 1.54) is 6.07 Å². The highest BCUT2D eigenvalue weighted by atomic mass is 19.2. The van der Waals surface area contributed by atoms with E-state index in [-0.39, 0.29) is 40.8 Å². The molecule has 8 nitrogen and oxygen atoms in total. The number of benzene rings is 2. The van der Waals surface area contributed by atoms with Crippen LogP contribution in [0.2, 0.25) is 0 Å². The second-order valence-corrected chi connectivity index (χ2v) is 9.66. The number of carbonyl (C=O) groups excluding carboxylic acids is 1. The number of fused-ring (bicyclic) bond motifs is 1. The Morgan fingerprint density at radius 1 is 1.00 bits per heavy atom. The lowest BCUT2D eigenvalue weighted by molar-refractivity contribution is -0.122. The summed E-state index contributed by atoms with van der Waals surface area (Å²) >= 11 is 0. The van der Waals surface area contributed by atoms with Gasteiger partial charge in [0.15, 0.2) is 17.3 Å². The fraction of sp³-hybridized carbons (Fsp3) is 0.286. The molecule has 1 fully saturated rings. The average Bonchev–Trinajstić information content (AvgIpc) is 2.91. The van der Waals surface area contributed by atoms with E-state index in [2.05, 4.69) is 10.3 Å². The lowest BCUT2D eigenvalue weighted by atomic mass is 9.90. The maximum atomic E-state index is 14.0. The number of pyridine rings is 1. The molecule has 0 bridgehead atoms. The van der Waals surface area contributed by atoms with Crippen molar-refractivity contribution < 1.29 is 23.1 Å². The van der Waals surface area contributed by atoms with Crippen molar-refractivity contribution in [3.63, 3.8) is 0 Å². The van der Waals surface area contributed by atoms with Crippen molar-refractivity contribution in [1.82, 2.24) is 19.4 Å². The minimum Gasteiger partial charge on any atom is -0.508 e. The second-order valence-electron chi connectivity index (χ2n) is 9.66. The van der Waals surface area contributed by atoms with Gasteiger partial charge < -0.3 is 10.4 Å². The van der Waals surface area contributed by atoms with Crippen LogP contribution in [0.15, 0.2) is 64.3 Å². The first-order valence-electron chi connectivity index (χ1n) is 12.6. The van der Waals surface area contributed by atoms with Gasteiger partial charge in [-0.3, -0.25) is 14.2 Å². The van der Waals surface area contributed by atoms with Gasteiger partial charge >= 0.3 is 5.69 Å². The number of nitrogens with one attached hydrogen (secondary N) is 1. The molecule has 2 heterocycles. The minimum atomic E-state index is -1.19. The molecule has 1 saturated carbocycles. The van der Waals surface area contributed by atoms with E-state index in [9.17, 15) is 32.7 Å². The Hall–Kier alpha value is -4.41.